The van der Waals surface area contributed by atoms with Gasteiger partial charge in [-0.15, -0.1) is 0 Å². The highest BCUT2D eigenvalue weighted by molar-refractivity contribution is 9.10. The number of anilines is 1. The van der Waals surface area contributed by atoms with Crippen molar-refractivity contribution in [3.8, 4) is 0 Å². The van der Waals surface area contributed by atoms with Crippen LogP contribution < -0.4 is 10.6 Å². The lowest BCUT2D eigenvalue weighted by Crippen LogP contribution is -2.31. The van der Waals surface area contributed by atoms with Gasteiger partial charge in [-0.25, -0.2) is 4.98 Å². The molecule has 88 valence electrons. The fourth-order valence-corrected chi connectivity index (χ4v) is 2.22. The Morgan fingerprint density at radius 2 is 2.25 bits per heavy atom. The van der Waals surface area contributed by atoms with Gasteiger partial charge in [-0.05, 0) is 66.3 Å². The summed E-state index contributed by atoms with van der Waals surface area (Å²) in [7, 11) is 0. The topological polar surface area (TPSA) is 37.0 Å². The van der Waals surface area contributed by atoms with E-state index in [2.05, 4.69) is 44.5 Å². The lowest BCUT2D eigenvalue weighted by Gasteiger charge is -2.23. The van der Waals surface area contributed by atoms with Gasteiger partial charge in [0.1, 0.15) is 4.60 Å². The number of hydrogen-bond acceptors (Lipinski definition) is 3. The fraction of sp³-hybridized carbons (Fsp3) is 0.583. The molecular formula is C12H18BrN3. The van der Waals surface area contributed by atoms with Crippen LogP contribution in [0.1, 0.15) is 18.4 Å². The Bertz CT molecular complexity index is 348. The SMILES string of the molecule is Cc1cc(NCC2CCNCC2)cnc1Br. The average Bonchev–Trinajstić information content (AvgIpc) is 2.32. The lowest BCUT2D eigenvalue weighted by molar-refractivity contribution is 0.390. The van der Waals surface area contributed by atoms with Crippen LogP contribution in [0.15, 0.2) is 16.9 Å². The van der Waals surface area contributed by atoms with Crippen molar-refractivity contribution in [3.05, 3.63) is 22.4 Å². The molecule has 0 saturated carbocycles. The van der Waals surface area contributed by atoms with E-state index in [1.54, 1.807) is 0 Å². The second-order valence-electron chi connectivity index (χ2n) is 4.41. The van der Waals surface area contributed by atoms with E-state index in [1.165, 1.54) is 18.4 Å². The monoisotopic (exact) mass is 283 g/mol. The quantitative estimate of drug-likeness (QED) is 0.838. The number of aromatic nitrogens is 1. The third kappa shape index (κ3) is 3.19. The molecule has 0 aromatic carbocycles. The Labute approximate surface area is 105 Å². The van der Waals surface area contributed by atoms with Crippen LogP contribution in [0.5, 0.6) is 0 Å². The van der Waals surface area contributed by atoms with Gasteiger partial charge in [0.2, 0.25) is 0 Å². The molecule has 0 atom stereocenters. The number of piperidine rings is 1. The van der Waals surface area contributed by atoms with Gasteiger partial charge in [0.05, 0.1) is 11.9 Å². The molecule has 1 aromatic rings. The van der Waals surface area contributed by atoms with Crippen LogP contribution in [0, 0.1) is 12.8 Å². The van der Waals surface area contributed by atoms with Gasteiger partial charge in [-0.2, -0.15) is 0 Å². The maximum absolute atomic E-state index is 4.28. The highest BCUT2D eigenvalue weighted by atomic mass is 79.9. The Morgan fingerprint density at radius 1 is 1.50 bits per heavy atom. The average molecular weight is 284 g/mol. The highest BCUT2D eigenvalue weighted by Crippen LogP contribution is 2.18. The number of pyridine rings is 1. The summed E-state index contributed by atoms with van der Waals surface area (Å²) >= 11 is 3.41. The zero-order chi connectivity index (χ0) is 11.4. The molecular weight excluding hydrogens is 266 g/mol. The van der Waals surface area contributed by atoms with Gasteiger partial charge >= 0.3 is 0 Å². The van der Waals surface area contributed by atoms with E-state index >= 15 is 0 Å². The van der Waals surface area contributed by atoms with Gasteiger partial charge in [-0.1, -0.05) is 0 Å². The van der Waals surface area contributed by atoms with Crippen LogP contribution in [0.3, 0.4) is 0 Å². The smallest absolute Gasteiger partial charge is 0.109 e. The van der Waals surface area contributed by atoms with Crippen molar-refractivity contribution in [2.24, 2.45) is 5.92 Å². The van der Waals surface area contributed by atoms with Gasteiger partial charge < -0.3 is 10.6 Å². The zero-order valence-corrected chi connectivity index (χ0v) is 11.2. The molecule has 0 amide bonds. The molecule has 2 N–H and O–H groups in total. The lowest BCUT2D eigenvalue weighted by atomic mass is 9.98. The number of nitrogens with zero attached hydrogens (tertiary/aromatic N) is 1. The van der Waals surface area contributed by atoms with E-state index in [0.717, 1.165) is 35.8 Å². The van der Waals surface area contributed by atoms with Crippen molar-refractivity contribution >= 4 is 21.6 Å². The number of rotatable bonds is 3. The summed E-state index contributed by atoms with van der Waals surface area (Å²) in [6.45, 7) is 5.44. The predicted octanol–water partition coefficient (Wildman–Crippen LogP) is 2.56. The summed E-state index contributed by atoms with van der Waals surface area (Å²) in [5.74, 6) is 0.796. The molecule has 1 aliphatic rings. The molecule has 3 nitrogen and oxygen atoms in total. The van der Waals surface area contributed by atoms with Crippen LogP contribution >= 0.6 is 15.9 Å². The Morgan fingerprint density at radius 3 is 2.94 bits per heavy atom. The first-order valence-corrected chi connectivity index (χ1v) is 6.62. The van der Waals surface area contributed by atoms with E-state index < -0.39 is 0 Å². The number of nitrogens with one attached hydrogen (secondary N) is 2. The normalized spacial score (nSPS) is 17.4. The van der Waals surface area contributed by atoms with Crippen molar-refractivity contribution in [1.29, 1.82) is 0 Å². The first-order valence-electron chi connectivity index (χ1n) is 5.82. The summed E-state index contributed by atoms with van der Waals surface area (Å²) in [6.07, 6.45) is 4.43. The van der Waals surface area contributed by atoms with Gasteiger partial charge in [0, 0.05) is 6.54 Å². The van der Waals surface area contributed by atoms with Crippen molar-refractivity contribution in [1.82, 2.24) is 10.3 Å². The van der Waals surface area contributed by atoms with Crippen LogP contribution in [0.2, 0.25) is 0 Å². The second kappa shape index (κ2) is 5.64. The summed E-state index contributed by atoms with van der Waals surface area (Å²) in [4.78, 5) is 4.28. The summed E-state index contributed by atoms with van der Waals surface area (Å²) in [6, 6.07) is 2.14. The van der Waals surface area contributed by atoms with Crippen LogP contribution in [-0.2, 0) is 0 Å². The number of halogens is 1. The Kier molecular flexibility index (Phi) is 4.18. The van der Waals surface area contributed by atoms with Crippen molar-refractivity contribution in [2.45, 2.75) is 19.8 Å². The van der Waals surface area contributed by atoms with Crippen LogP contribution in [0.25, 0.3) is 0 Å². The van der Waals surface area contributed by atoms with E-state index in [9.17, 15) is 0 Å². The van der Waals surface area contributed by atoms with E-state index in [1.807, 2.05) is 6.20 Å². The second-order valence-corrected chi connectivity index (χ2v) is 5.16. The maximum Gasteiger partial charge on any atom is 0.109 e. The number of aryl methyl sites for hydroxylation is 1. The molecule has 2 rings (SSSR count). The minimum Gasteiger partial charge on any atom is -0.384 e. The van der Waals surface area contributed by atoms with E-state index in [0.29, 0.717) is 0 Å². The molecule has 4 heteroatoms. The van der Waals surface area contributed by atoms with Crippen LogP contribution in [-0.4, -0.2) is 24.6 Å². The standard InChI is InChI=1S/C12H18BrN3/c1-9-6-11(8-16-12(9)13)15-7-10-2-4-14-5-3-10/h6,8,10,14-15H,2-5,7H2,1H3. The van der Waals surface area contributed by atoms with Crippen LogP contribution in [0.4, 0.5) is 5.69 Å². The van der Waals surface area contributed by atoms with Gasteiger partial charge in [0.15, 0.2) is 0 Å². The van der Waals surface area contributed by atoms with Crippen molar-refractivity contribution in [3.63, 3.8) is 0 Å². The van der Waals surface area contributed by atoms with E-state index in [4.69, 9.17) is 0 Å². The third-order valence-corrected chi connectivity index (χ3v) is 3.90. The molecule has 1 fully saturated rings. The zero-order valence-electron chi connectivity index (χ0n) is 9.59. The highest BCUT2D eigenvalue weighted by Gasteiger charge is 2.12. The molecule has 16 heavy (non-hydrogen) atoms. The number of hydrogen-bond donors (Lipinski definition) is 2. The fourth-order valence-electron chi connectivity index (χ4n) is 2.00. The largest absolute Gasteiger partial charge is 0.384 e. The van der Waals surface area contributed by atoms with Crippen molar-refractivity contribution in [2.75, 3.05) is 25.0 Å². The Balaban J connectivity index is 1.86. The molecule has 2 heterocycles. The van der Waals surface area contributed by atoms with Gasteiger partial charge in [0.25, 0.3) is 0 Å². The van der Waals surface area contributed by atoms with Gasteiger partial charge in [-0.3, -0.25) is 0 Å². The third-order valence-electron chi connectivity index (χ3n) is 3.07. The first-order chi connectivity index (χ1) is 7.75. The maximum atomic E-state index is 4.28. The molecule has 0 radical (unpaired) electrons. The Hall–Kier alpha value is -0.610. The summed E-state index contributed by atoms with van der Waals surface area (Å²) in [5.41, 5.74) is 2.30. The summed E-state index contributed by atoms with van der Waals surface area (Å²) in [5, 5.41) is 6.85. The molecule has 0 spiro atoms. The molecule has 0 unspecified atom stereocenters. The molecule has 0 aliphatic carbocycles. The minimum absolute atomic E-state index is 0.796. The minimum atomic E-state index is 0.796. The molecule has 1 aliphatic heterocycles. The molecule has 1 aromatic heterocycles. The van der Waals surface area contributed by atoms with E-state index in [-0.39, 0.29) is 0 Å². The molecule has 0 bridgehead atoms. The van der Waals surface area contributed by atoms with Crippen molar-refractivity contribution < 1.29 is 0 Å². The summed E-state index contributed by atoms with van der Waals surface area (Å²) < 4.78 is 0.930. The predicted molar refractivity (Wildman–Crippen MR) is 70.8 cm³/mol. The first kappa shape index (κ1) is 11.9. The molecule has 1 saturated heterocycles.